The Morgan fingerprint density at radius 3 is 2.28 bits per heavy atom. The van der Waals surface area contributed by atoms with Crippen LogP contribution in [0.5, 0.6) is 5.75 Å². The molecule has 1 aliphatic rings. The van der Waals surface area contributed by atoms with E-state index in [0.29, 0.717) is 6.42 Å². The van der Waals surface area contributed by atoms with Gasteiger partial charge in [-0.3, -0.25) is 4.79 Å². The first-order valence-corrected chi connectivity index (χ1v) is 5.97. The topological polar surface area (TPSA) is 41.9 Å². The number of hydrogen-bond donors (Lipinski definition) is 0. The van der Waals surface area contributed by atoms with Gasteiger partial charge < -0.3 is 4.74 Å². The largest absolute Gasteiger partial charge is 0.497 e. The summed E-state index contributed by atoms with van der Waals surface area (Å²) in [6, 6.07) is 7.33. The normalized spacial score (nSPS) is 15.9. The van der Waals surface area contributed by atoms with E-state index in [-0.39, 0.29) is 11.3 Å². The van der Waals surface area contributed by atoms with Gasteiger partial charge in [-0.2, -0.15) is 5.10 Å². The minimum absolute atomic E-state index is 0.0186. The molecule has 0 radical (unpaired) electrons. The van der Waals surface area contributed by atoms with Gasteiger partial charge >= 0.3 is 0 Å². The standard InChI is InChI=1S/C14H18N2O2/c1-14(2,3)12-9-13(17)16(15-12)10-5-7-11(18-4)8-6-10/h5-8H,9H2,1-4H3. The van der Waals surface area contributed by atoms with Crippen molar-refractivity contribution in [3.8, 4) is 5.75 Å². The van der Waals surface area contributed by atoms with E-state index in [2.05, 4.69) is 25.9 Å². The number of hydrazone groups is 1. The van der Waals surface area contributed by atoms with Gasteiger partial charge in [-0.25, -0.2) is 5.01 Å². The summed E-state index contributed by atoms with van der Waals surface area (Å²) < 4.78 is 5.09. The first kappa shape index (κ1) is 12.6. The van der Waals surface area contributed by atoms with Crippen molar-refractivity contribution in [2.45, 2.75) is 27.2 Å². The Bertz CT molecular complexity index is 484. The number of rotatable bonds is 2. The summed E-state index contributed by atoms with van der Waals surface area (Å²) in [6.45, 7) is 6.20. The number of ether oxygens (including phenoxy) is 1. The van der Waals surface area contributed by atoms with Crippen molar-refractivity contribution < 1.29 is 9.53 Å². The number of amides is 1. The van der Waals surface area contributed by atoms with Crippen molar-refractivity contribution in [3.63, 3.8) is 0 Å². The van der Waals surface area contributed by atoms with E-state index < -0.39 is 0 Å². The first-order valence-electron chi connectivity index (χ1n) is 5.97. The Kier molecular flexibility index (Phi) is 3.11. The number of anilines is 1. The minimum Gasteiger partial charge on any atom is -0.497 e. The average Bonchev–Trinajstić information content (AvgIpc) is 2.71. The molecule has 0 N–H and O–H groups in total. The molecule has 0 atom stereocenters. The average molecular weight is 246 g/mol. The molecule has 1 aliphatic heterocycles. The molecule has 0 fully saturated rings. The Morgan fingerprint density at radius 1 is 1.22 bits per heavy atom. The van der Waals surface area contributed by atoms with Crippen LogP contribution in [-0.2, 0) is 4.79 Å². The lowest BCUT2D eigenvalue weighted by Gasteiger charge is -2.16. The van der Waals surface area contributed by atoms with Crippen molar-refractivity contribution in [1.82, 2.24) is 0 Å². The maximum Gasteiger partial charge on any atom is 0.253 e. The maximum absolute atomic E-state index is 12.0. The van der Waals surface area contributed by atoms with Crippen molar-refractivity contribution in [2.24, 2.45) is 10.5 Å². The molecule has 2 rings (SSSR count). The lowest BCUT2D eigenvalue weighted by molar-refractivity contribution is -0.116. The van der Waals surface area contributed by atoms with E-state index in [4.69, 9.17) is 4.74 Å². The molecule has 1 amide bonds. The van der Waals surface area contributed by atoms with Gasteiger partial charge in [0.25, 0.3) is 5.91 Å². The second-order valence-corrected chi connectivity index (χ2v) is 5.38. The SMILES string of the molecule is COc1ccc(N2N=C(C(C)(C)C)CC2=O)cc1. The predicted molar refractivity (Wildman–Crippen MR) is 72.0 cm³/mol. The van der Waals surface area contributed by atoms with Crippen LogP contribution in [0.4, 0.5) is 5.69 Å². The van der Waals surface area contributed by atoms with Crippen LogP contribution in [0.2, 0.25) is 0 Å². The summed E-state index contributed by atoms with van der Waals surface area (Å²) in [5.74, 6) is 0.788. The predicted octanol–water partition coefficient (Wildman–Crippen LogP) is 2.83. The lowest BCUT2D eigenvalue weighted by Crippen LogP contribution is -2.20. The summed E-state index contributed by atoms with van der Waals surface area (Å²) >= 11 is 0. The van der Waals surface area contributed by atoms with Crippen LogP contribution in [0.15, 0.2) is 29.4 Å². The second kappa shape index (κ2) is 4.44. The zero-order valence-corrected chi connectivity index (χ0v) is 11.2. The van der Waals surface area contributed by atoms with Gasteiger partial charge in [0, 0.05) is 5.41 Å². The summed E-state index contributed by atoms with van der Waals surface area (Å²) in [5, 5.41) is 5.90. The molecule has 0 saturated heterocycles. The molecule has 0 unspecified atom stereocenters. The molecular formula is C14H18N2O2. The third-order valence-electron chi connectivity index (χ3n) is 2.96. The minimum atomic E-state index is -0.0725. The molecular weight excluding hydrogens is 228 g/mol. The summed E-state index contributed by atoms with van der Waals surface area (Å²) in [7, 11) is 1.62. The number of nitrogens with zero attached hydrogens (tertiary/aromatic N) is 2. The Morgan fingerprint density at radius 2 is 1.83 bits per heavy atom. The molecule has 0 aromatic heterocycles. The van der Waals surface area contributed by atoms with E-state index in [1.165, 1.54) is 5.01 Å². The van der Waals surface area contributed by atoms with Crippen LogP contribution < -0.4 is 9.75 Å². The Hall–Kier alpha value is -1.84. The highest BCUT2D eigenvalue weighted by Crippen LogP contribution is 2.28. The Balaban J connectivity index is 2.27. The molecule has 96 valence electrons. The van der Waals surface area contributed by atoms with Gasteiger partial charge in [-0.1, -0.05) is 20.8 Å². The number of carbonyl (C=O) groups is 1. The molecule has 4 nitrogen and oxygen atoms in total. The first-order chi connectivity index (χ1) is 8.41. The van der Waals surface area contributed by atoms with Crippen LogP contribution in [0.1, 0.15) is 27.2 Å². The Labute approximate surface area is 107 Å². The van der Waals surface area contributed by atoms with Crippen LogP contribution in [0, 0.1) is 5.41 Å². The summed E-state index contributed by atoms with van der Waals surface area (Å²) in [6.07, 6.45) is 0.398. The van der Waals surface area contributed by atoms with Crippen LogP contribution >= 0.6 is 0 Å². The van der Waals surface area contributed by atoms with Gasteiger partial charge in [-0.15, -0.1) is 0 Å². The van der Waals surface area contributed by atoms with E-state index in [0.717, 1.165) is 17.1 Å². The van der Waals surface area contributed by atoms with Gasteiger partial charge in [0.2, 0.25) is 0 Å². The lowest BCUT2D eigenvalue weighted by atomic mass is 9.88. The molecule has 0 aliphatic carbocycles. The summed E-state index contributed by atoms with van der Waals surface area (Å²) in [4.78, 5) is 12.0. The summed E-state index contributed by atoms with van der Waals surface area (Å²) in [5.41, 5.74) is 1.63. The van der Waals surface area contributed by atoms with Crippen molar-refractivity contribution >= 4 is 17.3 Å². The van der Waals surface area contributed by atoms with Crippen molar-refractivity contribution in [1.29, 1.82) is 0 Å². The molecule has 0 saturated carbocycles. The fourth-order valence-electron chi connectivity index (χ4n) is 1.77. The molecule has 1 heterocycles. The van der Waals surface area contributed by atoms with Gasteiger partial charge in [0.1, 0.15) is 5.75 Å². The van der Waals surface area contributed by atoms with Crippen LogP contribution in [0.25, 0.3) is 0 Å². The quantitative estimate of drug-likeness (QED) is 0.805. The highest BCUT2D eigenvalue weighted by molar-refractivity contribution is 6.14. The smallest absolute Gasteiger partial charge is 0.253 e. The van der Waals surface area contributed by atoms with Crippen molar-refractivity contribution in [2.75, 3.05) is 12.1 Å². The zero-order chi connectivity index (χ0) is 13.3. The molecule has 0 spiro atoms. The molecule has 4 heteroatoms. The van der Waals surface area contributed by atoms with E-state index in [1.807, 2.05) is 24.3 Å². The van der Waals surface area contributed by atoms with Gasteiger partial charge in [0.15, 0.2) is 0 Å². The van der Waals surface area contributed by atoms with Crippen LogP contribution in [0.3, 0.4) is 0 Å². The van der Waals surface area contributed by atoms with E-state index in [1.54, 1.807) is 7.11 Å². The van der Waals surface area contributed by atoms with Gasteiger partial charge in [-0.05, 0) is 24.3 Å². The maximum atomic E-state index is 12.0. The molecule has 1 aromatic carbocycles. The van der Waals surface area contributed by atoms with E-state index in [9.17, 15) is 4.79 Å². The number of hydrogen-bond acceptors (Lipinski definition) is 3. The highest BCUT2D eigenvalue weighted by Gasteiger charge is 2.31. The fraction of sp³-hybridized carbons (Fsp3) is 0.429. The third-order valence-corrected chi connectivity index (χ3v) is 2.96. The highest BCUT2D eigenvalue weighted by atomic mass is 16.5. The van der Waals surface area contributed by atoms with Crippen LogP contribution in [-0.4, -0.2) is 18.7 Å². The van der Waals surface area contributed by atoms with E-state index >= 15 is 0 Å². The second-order valence-electron chi connectivity index (χ2n) is 5.38. The molecule has 1 aromatic rings. The third kappa shape index (κ3) is 2.37. The number of benzene rings is 1. The zero-order valence-electron chi connectivity index (χ0n) is 11.2. The monoisotopic (exact) mass is 246 g/mol. The number of methoxy groups -OCH3 is 1. The number of carbonyl (C=O) groups excluding carboxylic acids is 1. The van der Waals surface area contributed by atoms with Crippen molar-refractivity contribution in [3.05, 3.63) is 24.3 Å². The molecule has 0 bridgehead atoms. The van der Waals surface area contributed by atoms with Gasteiger partial charge in [0.05, 0.1) is 24.9 Å². The molecule has 18 heavy (non-hydrogen) atoms. The fourth-order valence-corrected chi connectivity index (χ4v) is 1.77.